The Bertz CT molecular complexity index is 948. The van der Waals surface area contributed by atoms with Crippen LogP contribution in [0.3, 0.4) is 0 Å². The summed E-state index contributed by atoms with van der Waals surface area (Å²) in [6, 6.07) is 5.80. The number of rotatable bonds is 8. The first kappa shape index (κ1) is 27.3. The highest BCUT2D eigenvalue weighted by molar-refractivity contribution is 5.77. The molecule has 1 aliphatic heterocycles. The lowest BCUT2D eigenvalue weighted by molar-refractivity contribution is -0.212. The van der Waals surface area contributed by atoms with Crippen molar-refractivity contribution >= 4 is 36.3 Å². The molecule has 12 heteroatoms. The Morgan fingerprint density at radius 2 is 1.31 bits per heavy atom. The van der Waals surface area contributed by atoms with E-state index in [-0.39, 0.29) is 6.61 Å². The van der Waals surface area contributed by atoms with Crippen LogP contribution in [0.15, 0.2) is 30.3 Å². The molecule has 12 nitrogen and oxygen atoms in total. The Kier molecular flexibility index (Phi) is 9.74. The molecule has 0 spiro atoms. The number of amides is 1. The zero-order valence-corrected chi connectivity index (χ0v) is 19.7. The number of ether oxygens (including phenoxy) is 5. The van der Waals surface area contributed by atoms with Gasteiger partial charge < -0.3 is 28.5 Å². The summed E-state index contributed by atoms with van der Waals surface area (Å²) in [5, 5.41) is 0. The number of esters is 4. The van der Waals surface area contributed by atoms with Crippen molar-refractivity contribution in [3.63, 3.8) is 0 Å². The number of aldehydes is 1. The molecule has 0 aliphatic carbocycles. The van der Waals surface area contributed by atoms with Crippen LogP contribution < -0.4 is 0 Å². The van der Waals surface area contributed by atoms with Gasteiger partial charge in [-0.3, -0.25) is 24.1 Å². The maximum Gasteiger partial charge on any atom is 0.411 e. The Morgan fingerprint density at radius 1 is 0.771 bits per heavy atom. The molecule has 1 aromatic carbocycles. The van der Waals surface area contributed by atoms with Crippen molar-refractivity contribution in [1.82, 2.24) is 4.90 Å². The lowest BCUT2D eigenvalue weighted by Crippen LogP contribution is -2.71. The first-order valence-corrected chi connectivity index (χ1v) is 10.6. The second-order valence-electron chi connectivity index (χ2n) is 7.67. The quantitative estimate of drug-likeness (QED) is 0.289. The molecule has 1 amide bonds. The maximum atomic E-state index is 13.2. The normalized spacial score (nSPS) is 23.4. The average molecular weight is 493 g/mol. The van der Waals surface area contributed by atoms with Gasteiger partial charge in [-0.15, -0.1) is 0 Å². The SMILES string of the molecule is CC(=O)OC[C@@H]1[C@@H](OC(C)=O)[C@H](OC(C)=O)[C@@H](OC(C)=O)[C@@H](C=O)N1C(=O)OCc1ccccc1. The van der Waals surface area contributed by atoms with Crippen molar-refractivity contribution in [3.8, 4) is 0 Å². The van der Waals surface area contributed by atoms with Crippen LogP contribution in [-0.4, -0.2) is 78.2 Å². The number of hydrogen-bond acceptors (Lipinski definition) is 11. The van der Waals surface area contributed by atoms with E-state index in [1.54, 1.807) is 30.3 Å². The summed E-state index contributed by atoms with van der Waals surface area (Å²) >= 11 is 0. The molecule has 1 heterocycles. The van der Waals surface area contributed by atoms with E-state index in [0.29, 0.717) is 11.8 Å². The van der Waals surface area contributed by atoms with Crippen LogP contribution in [0, 0.1) is 0 Å². The van der Waals surface area contributed by atoms with Crippen molar-refractivity contribution < 1.29 is 52.5 Å². The zero-order chi connectivity index (χ0) is 26.1. The monoisotopic (exact) mass is 493 g/mol. The van der Waals surface area contributed by atoms with Crippen molar-refractivity contribution in [2.75, 3.05) is 6.61 Å². The summed E-state index contributed by atoms with van der Waals surface area (Å²) in [6.45, 7) is 3.58. The topological polar surface area (TPSA) is 152 Å². The number of nitrogens with zero attached hydrogens (tertiary/aromatic N) is 1. The molecule has 0 radical (unpaired) electrons. The predicted molar refractivity (Wildman–Crippen MR) is 115 cm³/mol. The average Bonchev–Trinajstić information content (AvgIpc) is 2.78. The smallest absolute Gasteiger partial charge is 0.411 e. The largest absolute Gasteiger partial charge is 0.464 e. The molecule has 0 bridgehead atoms. The van der Waals surface area contributed by atoms with Gasteiger partial charge in [0.15, 0.2) is 18.3 Å². The standard InChI is InChI=1S/C23H27NO11/c1-13(26)31-12-19-21(34-15(3)28)22(35-16(4)29)20(33-14(2)27)18(10-25)24(19)23(30)32-11-17-8-6-5-7-9-17/h5-10,18-22H,11-12H2,1-4H3/t18-,19-,20+,21-,22-/m1/s1. The fourth-order valence-corrected chi connectivity index (χ4v) is 3.70. The molecule has 2 rings (SSSR count). The van der Waals surface area contributed by atoms with E-state index in [9.17, 15) is 28.8 Å². The van der Waals surface area contributed by atoms with E-state index < -0.39 is 67.0 Å². The van der Waals surface area contributed by atoms with Gasteiger partial charge in [-0.2, -0.15) is 0 Å². The number of carbonyl (C=O) groups excluding carboxylic acids is 6. The van der Waals surface area contributed by atoms with E-state index in [0.717, 1.165) is 32.6 Å². The second kappa shape index (κ2) is 12.5. The minimum atomic E-state index is -1.55. The molecule has 1 aromatic rings. The number of hydrogen-bond donors (Lipinski definition) is 0. The van der Waals surface area contributed by atoms with E-state index in [1.165, 1.54) is 0 Å². The Labute approximate surface area is 201 Å². The molecule has 1 fully saturated rings. The molecule has 1 saturated heterocycles. The molecule has 35 heavy (non-hydrogen) atoms. The van der Waals surface area contributed by atoms with E-state index in [2.05, 4.69) is 0 Å². The van der Waals surface area contributed by atoms with Gasteiger partial charge >= 0.3 is 30.0 Å². The highest BCUT2D eigenvalue weighted by Crippen LogP contribution is 2.32. The van der Waals surface area contributed by atoms with Gasteiger partial charge in [0.05, 0.1) is 0 Å². The van der Waals surface area contributed by atoms with Gasteiger partial charge in [-0.05, 0) is 5.56 Å². The summed E-state index contributed by atoms with van der Waals surface area (Å²) in [6.07, 6.45) is -5.25. The van der Waals surface area contributed by atoms with E-state index >= 15 is 0 Å². The molecule has 0 saturated carbocycles. The van der Waals surface area contributed by atoms with Crippen LogP contribution in [0.4, 0.5) is 4.79 Å². The van der Waals surface area contributed by atoms with Crippen LogP contribution in [0.2, 0.25) is 0 Å². The molecule has 190 valence electrons. The summed E-state index contributed by atoms with van der Waals surface area (Å²) < 4.78 is 26.3. The molecular formula is C23H27NO11. The lowest BCUT2D eigenvalue weighted by Gasteiger charge is -2.48. The van der Waals surface area contributed by atoms with Gasteiger partial charge in [-0.1, -0.05) is 30.3 Å². The van der Waals surface area contributed by atoms with Crippen molar-refractivity contribution in [2.45, 2.75) is 64.7 Å². The zero-order valence-electron chi connectivity index (χ0n) is 19.7. The number of likely N-dealkylation sites (tertiary alicyclic amines) is 1. The summed E-state index contributed by atoms with van der Waals surface area (Å²) in [7, 11) is 0. The second-order valence-corrected chi connectivity index (χ2v) is 7.67. The first-order chi connectivity index (χ1) is 16.5. The Morgan fingerprint density at radius 3 is 1.83 bits per heavy atom. The van der Waals surface area contributed by atoms with E-state index in [1.807, 2.05) is 0 Å². The molecule has 0 unspecified atom stereocenters. The molecular weight excluding hydrogens is 466 g/mol. The third kappa shape index (κ3) is 7.52. The number of carbonyl (C=O) groups is 6. The summed E-state index contributed by atoms with van der Waals surface area (Å²) in [4.78, 5) is 73.4. The Balaban J connectivity index is 2.54. The van der Waals surface area contributed by atoms with Crippen molar-refractivity contribution in [1.29, 1.82) is 0 Å². The van der Waals surface area contributed by atoms with Gasteiger partial charge in [0.25, 0.3) is 0 Å². The van der Waals surface area contributed by atoms with Crippen LogP contribution in [0.25, 0.3) is 0 Å². The van der Waals surface area contributed by atoms with Gasteiger partial charge in [0.1, 0.15) is 31.6 Å². The highest BCUT2D eigenvalue weighted by atomic mass is 16.6. The minimum Gasteiger partial charge on any atom is -0.464 e. The fourth-order valence-electron chi connectivity index (χ4n) is 3.70. The lowest BCUT2D eigenvalue weighted by atomic mass is 9.88. The van der Waals surface area contributed by atoms with Gasteiger partial charge in [0, 0.05) is 27.7 Å². The van der Waals surface area contributed by atoms with Crippen molar-refractivity contribution in [2.24, 2.45) is 0 Å². The van der Waals surface area contributed by atoms with E-state index in [4.69, 9.17) is 23.7 Å². The summed E-state index contributed by atoms with van der Waals surface area (Å²) in [5.41, 5.74) is 0.642. The number of piperidine rings is 1. The molecule has 0 aromatic heterocycles. The van der Waals surface area contributed by atoms with Crippen LogP contribution in [-0.2, 0) is 54.3 Å². The third-order valence-corrected chi connectivity index (χ3v) is 4.96. The Hall–Kier alpha value is -3.96. The number of benzene rings is 1. The molecule has 0 N–H and O–H groups in total. The van der Waals surface area contributed by atoms with Gasteiger partial charge in [0.2, 0.25) is 0 Å². The van der Waals surface area contributed by atoms with Crippen molar-refractivity contribution in [3.05, 3.63) is 35.9 Å². The fraction of sp³-hybridized carbons (Fsp3) is 0.478. The third-order valence-electron chi connectivity index (χ3n) is 4.96. The van der Waals surface area contributed by atoms with Crippen LogP contribution in [0.5, 0.6) is 0 Å². The first-order valence-electron chi connectivity index (χ1n) is 10.6. The van der Waals surface area contributed by atoms with Crippen LogP contribution in [0.1, 0.15) is 33.3 Å². The minimum absolute atomic E-state index is 0.175. The van der Waals surface area contributed by atoms with Crippen LogP contribution >= 0.6 is 0 Å². The van der Waals surface area contributed by atoms with Gasteiger partial charge in [-0.25, -0.2) is 4.79 Å². The summed E-state index contributed by atoms with van der Waals surface area (Å²) in [5.74, 6) is -3.24. The molecule has 1 aliphatic rings. The predicted octanol–water partition coefficient (Wildman–Crippen LogP) is 0.933. The maximum absolute atomic E-state index is 13.2. The molecule has 5 atom stereocenters. The highest BCUT2D eigenvalue weighted by Gasteiger charge is 2.57.